The molecule has 0 saturated carbocycles. The van der Waals surface area contributed by atoms with E-state index in [4.69, 9.17) is 0 Å². The predicted molar refractivity (Wildman–Crippen MR) is 85.3 cm³/mol. The normalized spacial score (nSPS) is 11.0. The Morgan fingerprint density at radius 1 is 0.857 bits per heavy atom. The lowest BCUT2D eigenvalue weighted by molar-refractivity contribution is 1.31. The van der Waals surface area contributed by atoms with E-state index in [9.17, 15) is 4.79 Å². The van der Waals surface area contributed by atoms with Crippen molar-refractivity contribution in [1.82, 2.24) is 9.97 Å². The molecule has 0 aliphatic rings. The molecule has 4 aromatic rings. The second-order valence-electron chi connectivity index (χ2n) is 5.03. The molecule has 0 atom stereocenters. The number of hydrogen-bond acceptors (Lipinski definition) is 2. The van der Waals surface area contributed by atoms with E-state index in [1.165, 1.54) is 5.39 Å². The largest absolute Gasteiger partial charge is 0.322 e. The first-order valence-electron chi connectivity index (χ1n) is 6.77. The van der Waals surface area contributed by atoms with Crippen LogP contribution < -0.4 is 5.56 Å². The third kappa shape index (κ3) is 1.99. The number of nitrogens with one attached hydrogen (secondary N) is 1. The number of hydrogen-bond donors (Lipinski definition) is 1. The van der Waals surface area contributed by atoms with Gasteiger partial charge in [0.1, 0.15) is 0 Å². The van der Waals surface area contributed by atoms with Gasteiger partial charge in [-0.05, 0) is 34.5 Å². The molecule has 0 saturated heterocycles. The molecular formula is C18H12N2O. The Labute approximate surface area is 120 Å². The van der Waals surface area contributed by atoms with Crippen LogP contribution in [0.25, 0.3) is 32.8 Å². The lowest BCUT2D eigenvalue weighted by Crippen LogP contribution is -2.02. The van der Waals surface area contributed by atoms with Crippen LogP contribution >= 0.6 is 0 Å². The van der Waals surface area contributed by atoms with Crippen molar-refractivity contribution in [3.05, 3.63) is 77.3 Å². The lowest BCUT2D eigenvalue weighted by Gasteiger charge is -2.07. The van der Waals surface area contributed by atoms with Gasteiger partial charge in [-0.1, -0.05) is 30.3 Å². The van der Waals surface area contributed by atoms with Crippen LogP contribution in [0.1, 0.15) is 0 Å². The quantitative estimate of drug-likeness (QED) is 0.573. The highest BCUT2D eigenvalue weighted by molar-refractivity contribution is 5.97. The summed E-state index contributed by atoms with van der Waals surface area (Å²) in [5.41, 5.74) is 2.96. The molecule has 4 rings (SSSR count). The van der Waals surface area contributed by atoms with Crippen LogP contribution in [0.5, 0.6) is 0 Å². The molecule has 0 fully saturated rings. The standard InChI is InChI=1S/C18H12N2O/c21-18-8-6-13-9-12(5-7-17(13)20-18)16-11-19-10-14-3-1-2-4-15(14)16/h1-11H,(H,20,21). The third-order valence-corrected chi connectivity index (χ3v) is 3.70. The molecule has 3 nitrogen and oxygen atoms in total. The Morgan fingerprint density at radius 2 is 1.76 bits per heavy atom. The second kappa shape index (κ2) is 4.56. The summed E-state index contributed by atoms with van der Waals surface area (Å²) in [5.74, 6) is 0. The summed E-state index contributed by atoms with van der Waals surface area (Å²) >= 11 is 0. The molecule has 1 N–H and O–H groups in total. The molecule has 0 amide bonds. The smallest absolute Gasteiger partial charge is 0.248 e. The number of pyridine rings is 2. The molecule has 0 unspecified atom stereocenters. The van der Waals surface area contributed by atoms with Crippen LogP contribution in [0.4, 0.5) is 0 Å². The highest BCUT2D eigenvalue weighted by atomic mass is 16.1. The first kappa shape index (κ1) is 11.9. The molecule has 21 heavy (non-hydrogen) atoms. The van der Waals surface area contributed by atoms with Crippen LogP contribution in [0.3, 0.4) is 0 Å². The fraction of sp³-hybridized carbons (Fsp3) is 0. The van der Waals surface area contributed by atoms with Crippen molar-refractivity contribution in [3.63, 3.8) is 0 Å². The Kier molecular flexibility index (Phi) is 2.57. The third-order valence-electron chi connectivity index (χ3n) is 3.70. The summed E-state index contributed by atoms with van der Waals surface area (Å²) in [6.45, 7) is 0. The van der Waals surface area contributed by atoms with Gasteiger partial charge in [0.25, 0.3) is 0 Å². The second-order valence-corrected chi connectivity index (χ2v) is 5.03. The molecule has 100 valence electrons. The maximum atomic E-state index is 11.3. The monoisotopic (exact) mass is 272 g/mol. The summed E-state index contributed by atoms with van der Waals surface area (Å²) < 4.78 is 0. The van der Waals surface area contributed by atoms with E-state index in [-0.39, 0.29) is 5.56 Å². The maximum absolute atomic E-state index is 11.3. The van der Waals surface area contributed by atoms with E-state index >= 15 is 0 Å². The summed E-state index contributed by atoms with van der Waals surface area (Å²) in [5, 5.41) is 3.31. The van der Waals surface area contributed by atoms with Gasteiger partial charge in [-0.25, -0.2) is 0 Å². The number of aromatic amines is 1. The number of H-pyrrole nitrogens is 1. The van der Waals surface area contributed by atoms with Gasteiger partial charge in [0.05, 0.1) is 0 Å². The molecule has 2 aromatic carbocycles. The van der Waals surface area contributed by atoms with Crippen molar-refractivity contribution in [2.75, 3.05) is 0 Å². The van der Waals surface area contributed by atoms with E-state index in [2.05, 4.69) is 28.2 Å². The van der Waals surface area contributed by atoms with Crippen molar-refractivity contribution in [1.29, 1.82) is 0 Å². The molecule has 0 aliphatic carbocycles. The van der Waals surface area contributed by atoms with Gasteiger partial charge in [-0.2, -0.15) is 0 Å². The fourth-order valence-electron chi connectivity index (χ4n) is 2.67. The predicted octanol–water partition coefficient (Wildman–Crippen LogP) is 3.74. The van der Waals surface area contributed by atoms with E-state index in [1.807, 2.05) is 42.7 Å². The van der Waals surface area contributed by atoms with E-state index < -0.39 is 0 Å². The molecule has 0 spiro atoms. The topological polar surface area (TPSA) is 45.8 Å². The zero-order valence-electron chi connectivity index (χ0n) is 11.2. The van der Waals surface area contributed by atoms with Crippen LogP contribution in [0.15, 0.2) is 71.8 Å². The lowest BCUT2D eigenvalue weighted by atomic mass is 9.99. The van der Waals surface area contributed by atoms with Gasteiger partial charge in [0, 0.05) is 34.9 Å². The van der Waals surface area contributed by atoms with Gasteiger partial charge in [0.2, 0.25) is 5.56 Å². The highest BCUT2D eigenvalue weighted by Gasteiger charge is 2.05. The number of aromatic nitrogens is 2. The molecule has 0 radical (unpaired) electrons. The summed E-state index contributed by atoms with van der Waals surface area (Å²) in [7, 11) is 0. The van der Waals surface area contributed by atoms with Gasteiger partial charge < -0.3 is 4.98 Å². The number of rotatable bonds is 1. The minimum atomic E-state index is -0.0814. The zero-order chi connectivity index (χ0) is 14.2. The minimum Gasteiger partial charge on any atom is -0.322 e. The number of nitrogens with zero attached hydrogens (tertiary/aromatic N) is 1. The SMILES string of the molecule is O=c1ccc2cc(-c3cncc4ccccc34)ccc2[nH]1. The molecule has 0 bridgehead atoms. The van der Waals surface area contributed by atoms with E-state index in [0.29, 0.717) is 0 Å². The fourth-order valence-corrected chi connectivity index (χ4v) is 2.67. The Morgan fingerprint density at radius 3 is 2.71 bits per heavy atom. The van der Waals surface area contributed by atoms with Gasteiger partial charge in [-0.15, -0.1) is 0 Å². The number of benzene rings is 2. The Bertz CT molecular complexity index is 1010. The summed E-state index contributed by atoms with van der Waals surface area (Å²) in [6, 6.07) is 17.6. The Hall–Kier alpha value is -2.94. The average molecular weight is 272 g/mol. The van der Waals surface area contributed by atoms with Crippen LogP contribution in [0.2, 0.25) is 0 Å². The first-order chi connectivity index (χ1) is 10.3. The molecule has 0 aliphatic heterocycles. The van der Waals surface area contributed by atoms with Crippen molar-refractivity contribution in [2.45, 2.75) is 0 Å². The van der Waals surface area contributed by atoms with Crippen molar-refractivity contribution < 1.29 is 0 Å². The van der Waals surface area contributed by atoms with Crippen molar-refractivity contribution >= 4 is 21.7 Å². The highest BCUT2D eigenvalue weighted by Crippen LogP contribution is 2.29. The maximum Gasteiger partial charge on any atom is 0.248 e. The van der Waals surface area contributed by atoms with Gasteiger partial charge in [0.15, 0.2) is 0 Å². The van der Waals surface area contributed by atoms with Gasteiger partial charge >= 0.3 is 0 Å². The van der Waals surface area contributed by atoms with Gasteiger partial charge in [-0.3, -0.25) is 9.78 Å². The first-order valence-corrected chi connectivity index (χ1v) is 6.77. The zero-order valence-corrected chi connectivity index (χ0v) is 11.2. The van der Waals surface area contributed by atoms with Crippen molar-refractivity contribution in [2.24, 2.45) is 0 Å². The van der Waals surface area contributed by atoms with Crippen LogP contribution in [-0.2, 0) is 0 Å². The van der Waals surface area contributed by atoms with E-state index in [0.717, 1.165) is 27.4 Å². The molecule has 3 heteroatoms. The molecular weight excluding hydrogens is 260 g/mol. The number of fused-ring (bicyclic) bond motifs is 2. The average Bonchev–Trinajstić information content (AvgIpc) is 2.54. The minimum absolute atomic E-state index is 0.0814. The molecule has 2 heterocycles. The summed E-state index contributed by atoms with van der Waals surface area (Å²) in [6.07, 6.45) is 3.76. The Balaban J connectivity index is 2.00. The molecule has 2 aromatic heterocycles. The van der Waals surface area contributed by atoms with Crippen LogP contribution in [-0.4, -0.2) is 9.97 Å². The van der Waals surface area contributed by atoms with Crippen molar-refractivity contribution in [3.8, 4) is 11.1 Å². The van der Waals surface area contributed by atoms with Crippen LogP contribution in [0, 0.1) is 0 Å². The summed E-state index contributed by atoms with van der Waals surface area (Å²) in [4.78, 5) is 18.5. The van der Waals surface area contributed by atoms with E-state index in [1.54, 1.807) is 6.07 Å².